The highest BCUT2D eigenvalue weighted by Gasteiger charge is 2.12. The molecule has 2 atom stereocenters. The minimum Gasteiger partial charge on any atom is -0.508 e. The average Bonchev–Trinajstić information content (AvgIpc) is 2.67. The fourth-order valence-electron chi connectivity index (χ4n) is 2.41. The Morgan fingerprint density at radius 3 is 2.33 bits per heavy atom. The topological polar surface area (TPSA) is 110 Å². The lowest BCUT2D eigenvalue weighted by Crippen LogP contribution is -2.32. The lowest BCUT2D eigenvalue weighted by Gasteiger charge is -2.18. The number of rotatable bonds is 8. The Morgan fingerprint density at radius 1 is 1.15 bits per heavy atom. The van der Waals surface area contributed by atoms with Crippen LogP contribution in [0, 0.1) is 0 Å². The maximum Gasteiger partial charge on any atom is 0.303 e. The van der Waals surface area contributed by atoms with Crippen molar-refractivity contribution >= 4 is 5.97 Å². The van der Waals surface area contributed by atoms with Crippen molar-refractivity contribution in [1.29, 1.82) is 0 Å². The van der Waals surface area contributed by atoms with Crippen LogP contribution in [-0.2, 0) is 17.8 Å². The molecule has 0 radical (unpaired) electrons. The zero-order chi connectivity index (χ0) is 20.2. The third-order valence-corrected chi connectivity index (χ3v) is 4.01. The van der Waals surface area contributed by atoms with Gasteiger partial charge in [0, 0.05) is 24.6 Å². The van der Waals surface area contributed by atoms with Crippen LogP contribution in [0.5, 0.6) is 5.75 Å². The molecule has 0 heterocycles. The van der Waals surface area contributed by atoms with Crippen LogP contribution in [0.2, 0.25) is 0 Å². The first kappa shape index (κ1) is 22.6. The zero-order valence-corrected chi connectivity index (χ0v) is 15.8. The van der Waals surface area contributed by atoms with Crippen molar-refractivity contribution in [1.82, 2.24) is 5.32 Å². The van der Waals surface area contributed by atoms with Gasteiger partial charge in [-0.15, -0.1) is 0 Å². The average molecular weight is 375 g/mol. The number of nitrogens with one attached hydrogen (secondary N) is 1. The van der Waals surface area contributed by atoms with E-state index < -0.39 is 12.1 Å². The first-order valence-corrected chi connectivity index (χ1v) is 8.97. The minimum atomic E-state index is -0.745. The van der Waals surface area contributed by atoms with E-state index in [4.69, 9.17) is 10.2 Å². The van der Waals surface area contributed by atoms with Crippen molar-refractivity contribution in [2.24, 2.45) is 0 Å². The highest BCUT2D eigenvalue weighted by molar-refractivity contribution is 5.66. The molecule has 6 nitrogen and oxygen atoms in total. The first-order valence-electron chi connectivity index (χ1n) is 8.97. The summed E-state index contributed by atoms with van der Waals surface area (Å²) in [5.74, 6) is -0.700. The number of benzene rings is 2. The van der Waals surface area contributed by atoms with Crippen LogP contribution in [0.15, 0.2) is 48.5 Å². The fraction of sp³-hybridized carbons (Fsp3) is 0.381. The molecule has 0 aliphatic heterocycles. The summed E-state index contributed by atoms with van der Waals surface area (Å²) in [5, 5.41) is 39.9. The fourth-order valence-corrected chi connectivity index (χ4v) is 2.41. The van der Waals surface area contributed by atoms with Crippen molar-refractivity contribution in [2.45, 2.75) is 45.4 Å². The second kappa shape index (κ2) is 12.1. The molecule has 148 valence electrons. The number of aliphatic hydroxyl groups is 2. The summed E-state index contributed by atoms with van der Waals surface area (Å²) in [4.78, 5) is 9.37. The van der Waals surface area contributed by atoms with Crippen LogP contribution >= 0.6 is 0 Å². The van der Waals surface area contributed by atoms with Crippen molar-refractivity contribution < 1.29 is 25.2 Å². The molecule has 0 fully saturated rings. The molecule has 6 heteroatoms. The Bertz CT molecular complexity index is 690. The number of aromatic hydroxyl groups is 1. The van der Waals surface area contributed by atoms with Gasteiger partial charge in [0.2, 0.25) is 0 Å². The van der Waals surface area contributed by atoms with Crippen LogP contribution in [0.1, 0.15) is 43.1 Å². The molecule has 0 amide bonds. The third-order valence-electron chi connectivity index (χ3n) is 4.01. The Morgan fingerprint density at radius 2 is 1.78 bits per heavy atom. The largest absolute Gasteiger partial charge is 0.508 e. The number of carboxylic acids is 1. The van der Waals surface area contributed by atoms with Gasteiger partial charge in [-0.25, -0.2) is 0 Å². The van der Waals surface area contributed by atoms with E-state index in [1.54, 1.807) is 19.1 Å². The second-order valence-electron chi connectivity index (χ2n) is 6.31. The highest BCUT2D eigenvalue weighted by Crippen LogP contribution is 2.22. The van der Waals surface area contributed by atoms with Crippen molar-refractivity contribution in [3.05, 3.63) is 65.2 Å². The van der Waals surface area contributed by atoms with Crippen LogP contribution in [-0.4, -0.2) is 39.0 Å². The van der Waals surface area contributed by atoms with E-state index in [1.807, 2.05) is 18.2 Å². The molecule has 0 saturated carbocycles. The number of aliphatic carboxylic acids is 1. The Kier molecular flexibility index (Phi) is 10.1. The molecule has 0 aromatic heterocycles. The van der Waals surface area contributed by atoms with E-state index in [9.17, 15) is 15.0 Å². The van der Waals surface area contributed by atoms with Crippen LogP contribution < -0.4 is 5.32 Å². The van der Waals surface area contributed by atoms with Gasteiger partial charge in [-0.05, 0) is 36.6 Å². The number of hydrogen-bond acceptors (Lipinski definition) is 5. The molecule has 27 heavy (non-hydrogen) atoms. The summed E-state index contributed by atoms with van der Waals surface area (Å²) in [7, 11) is 0. The monoisotopic (exact) mass is 375 g/mol. The van der Waals surface area contributed by atoms with E-state index in [-0.39, 0.29) is 24.8 Å². The number of phenols is 1. The van der Waals surface area contributed by atoms with Gasteiger partial charge in [-0.2, -0.15) is 0 Å². The first-order chi connectivity index (χ1) is 12.9. The Hall–Kier alpha value is -2.41. The summed E-state index contributed by atoms with van der Waals surface area (Å²) in [6.45, 7) is 3.85. The zero-order valence-electron chi connectivity index (χ0n) is 15.8. The van der Waals surface area contributed by atoms with Crippen molar-refractivity contribution in [3.8, 4) is 5.75 Å². The van der Waals surface area contributed by atoms with Crippen LogP contribution in [0.25, 0.3) is 0 Å². The Balaban J connectivity index is 0.000000646. The quantitative estimate of drug-likeness (QED) is 0.485. The van der Waals surface area contributed by atoms with Gasteiger partial charge in [0.05, 0.1) is 12.7 Å². The third kappa shape index (κ3) is 8.68. The normalized spacial score (nSPS) is 12.6. The van der Waals surface area contributed by atoms with Crippen LogP contribution in [0.3, 0.4) is 0 Å². The number of aliphatic hydroxyl groups excluding tert-OH is 2. The van der Waals surface area contributed by atoms with Gasteiger partial charge >= 0.3 is 5.97 Å². The van der Waals surface area contributed by atoms with Gasteiger partial charge in [0.1, 0.15) is 5.75 Å². The number of hydrogen-bond donors (Lipinski definition) is 5. The second-order valence-corrected chi connectivity index (χ2v) is 6.31. The van der Waals surface area contributed by atoms with Crippen molar-refractivity contribution in [2.75, 3.05) is 6.54 Å². The SMILES string of the molecule is CC(Cc1ccccc1)NCC(O)c1ccc(O)c(CO)c1.CCC(=O)O. The molecule has 0 bridgehead atoms. The van der Waals surface area contributed by atoms with Gasteiger partial charge in [-0.3, -0.25) is 4.79 Å². The summed E-state index contributed by atoms with van der Waals surface area (Å²) in [5.41, 5.74) is 2.36. The predicted molar refractivity (Wildman–Crippen MR) is 105 cm³/mol. The molecule has 0 saturated heterocycles. The molecule has 0 aliphatic rings. The number of carbonyl (C=O) groups is 1. The summed E-state index contributed by atoms with van der Waals surface area (Å²) >= 11 is 0. The summed E-state index contributed by atoms with van der Waals surface area (Å²) < 4.78 is 0. The molecular formula is C21H29NO5. The van der Waals surface area contributed by atoms with Crippen LogP contribution in [0.4, 0.5) is 0 Å². The maximum atomic E-state index is 10.2. The van der Waals surface area contributed by atoms with Gasteiger partial charge < -0.3 is 25.7 Å². The van der Waals surface area contributed by atoms with E-state index in [1.165, 1.54) is 11.6 Å². The minimum absolute atomic E-state index is 0.0452. The Labute approximate surface area is 160 Å². The van der Waals surface area contributed by atoms with Gasteiger partial charge in [-0.1, -0.05) is 43.3 Å². The predicted octanol–water partition coefficient (Wildman–Crippen LogP) is 2.62. The molecule has 2 unspecified atom stereocenters. The molecule has 0 spiro atoms. The lowest BCUT2D eigenvalue weighted by atomic mass is 10.0. The van der Waals surface area contributed by atoms with E-state index in [0.717, 1.165) is 6.42 Å². The molecule has 5 N–H and O–H groups in total. The highest BCUT2D eigenvalue weighted by atomic mass is 16.4. The van der Waals surface area contributed by atoms with Crippen molar-refractivity contribution in [3.63, 3.8) is 0 Å². The molecule has 2 aromatic carbocycles. The standard InChI is InChI=1S/C18H23NO3.C3H6O2/c1-13(9-14-5-3-2-4-6-14)19-11-18(22)15-7-8-17(21)16(10-15)12-20;1-2-3(4)5/h2-8,10,13,18-22H,9,11-12H2,1H3;2H2,1H3,(H,4,5). The van der Waals surface area contributed by atoms with Gasteiger partial charge in [0.25, 0.3) is 0 Å². The molecular weight excluding hydrogens is 346 g/mol. The van der Waals surface area contributed by atoms with E-state index in [0.29, 0.717) is 17.7 Å². The number of carboxylic acid groups (broad SMARTS) is 1. The summed E-state index contributed by atoms with van der Waals surface area (Å²) in [6.07, 6.45) is 0.439. The molecule has 2 aromatic rings. The van der Waals surface area contributed by atoms with E-state index in [2.05, 4.69) is 24.4 Å². The van der Waals surface area contributed by atoms with E-state index >= 15 is 0 Å². The van der Waals surface area contributed by atoms with Gasteiger partial charge in [0.15, 0.2) is 0 Å². The smallest absolute Gasteiger partial charge is 0.303 e. The maximum absolute atomic E-state index is 10.2. The molecule has 0 aliphatic carbocycles. The summed E-state index contributed by atoms with van der Waals surface area (Å²) in [6, 6.07) is 15.2. The lowest BCUT2D eigenvalue weighted by molar-refractivity contribution is -0.136. The molecule has 2 rings (SSSR count).